The fraction of sp³-hybridized carbons (Fsp3) is 0.111. The Morgan fingerprint density at radius 3 is 2.56 bits per heavy atom. The van der Waals surface area contributed by atoms with E-state index in [-0.39, 0.29) is 18.6 Å². The summed E-state index contributed by atoms with van der Waals surface area (Å²) in [6.07, 6.45) is 0. The second-order valence-corrected chi connectivity index (χ2v) is 10.1. The number of nitrogens with zero attached hydrogens (tertiary/aromatic N) is 4. The molecule has 3 aromatic heterocycles. The summed E-state index contributed by atoms with van der Waals surface area (Å²) >= 11 is 7.89. The molecule has 3 aromatic carbocycles. The monoisotopic (exact) mass is 514 g/mol. The number of carbonyl (C=O) groups is 1. The number of hydrogen-bond donors (Lipinski definition) is 1. The lowest BCUT2D eigenvalue weighted by atomic mass is 10.0. The summed E-state index contributed by atoms with van der Waals surface area (Å²) in [5.74, 6) is -0.949. The second-order valence-electron chi connectivity index (χ2n) is 8.53. The first-order chi connectivity index (χ1) is 17.4. The molecule has 0 saturated carbocycles. The summed E-state index contributed by atoms with van der Waals surface area (Å²) in [6.45, 7) is 1.89. The third-order valence-electron chi connectivity index (χ3n) is 6.31. The van der Waals surface area contributed by atoms with Gasteiger partial charge in [0.2, 0.25) is 0 Å². The molecule has 0 aliphatic rings. The molecule has 0 bridgehead atoms. The molecule has 178 valence electrons. The van der Waals surface area contributed by atoms with Gasteiger partial charge in [-0.3, -0.25) is 9.59 Å². The largest absolute Gasteiger partial charge is 0.480 e. The van der Waals surface area contributed by atoms with Crippen LogP contribution in [-0.4, -0.2) is 30.4 Å². The standard InChI is InChI=1S/C27H19ClN4O3S/c1-15-25(19-12-16(28)10-11-21(19)31(15)14-24(33)34)26-17-6-2-3-7-18(17)27(35)32(30-26)13-23-29-20-8-4-5-9-22(20)36-23/h2-12H,13-14H2,1H3,(H,33,34). The lowest BCUT2D eigenvalue weighted by molar-refractivity contribution is -0.137. The average molecular weight is 515 g/mol. The number of aliphatic carboxylic acids is 1. The second kappa shape index (κ2) is 8.58. The summed E-state index contributed by atoms with van der Waals surface area (Å²) in [5.41, 5.74) is 3.50. The van der Waals surface area contributed by atoms with Gasteiger partial charge in [0, 0.05) is 32.6 Å². The number of fused-ring (bicyclic) bond motifs is 3. The van der Waals surface area contributed by atoms with Crippen LogP contribution in [0.25, 0.3) is 43.1 Å². The van der Waals surface area contributed by atoms with E-state index in [0.717, 1.165) is 37.4 Å². The zero-order valence-electron chi connectivity index (χ0n) is 19.1. The van der Waals surface area contributed by atoms with Gasteiger partial charge in [0.05, 0.1) is 22.1 Å². The van der Waals surface area contributed by atoms with Crippen LogP contribution in [0.2, 0.25) is 5.02 Å². The molecular formula is C27H19ClN4O3S. The van der Waals surface area contributed by atoms with E-state index in [9.17, 15) is 14.7 Å². The Balaban J connectivity index is 1.63. The number of thiazole rings is 1. The van der Waals surface area contributed by atoms with Crippen molar-refractivity contribution >= 4 is 60.8 Å². The van der Waals surface area contributed by atoms with Gasteiger partial charge >= 0.3 is 5.97 Å². The molecule has 0 aliphatic heterocycles. The van der Waals surface area contributed by atoms with E-state index >= 15 is 0 Å². The number of rotatable bonds is 5. The van der Waals surface area contributed by atoms with Crippen LogP contribution in [0, 0.1) is 6.92 Å². The maximum absolute atomic E-state index is 13.5. The Kier molecular flexibility index (Phi) is 5.35. The van der Waals surface area contributed by atoms with E-state index in [4.69, 9.17) is 16.7 Å². The molecule has 0 atom stereocenters. The highest BCUT2D eigenvalue weighted by Gasteiger charge is 2.22. The molecule has 0 unspecified atom stereocenters. The quantitative estimate of drug-likeness (QED) is 0.317. The minimum Gasteiger partial charge on any atom is -0.480 e. The predicted molar refractivity (Wildman–Crippen MR) is 143 cm³/mol. The Morgan fingerprint density at radius 1 is 1.03 bits per heavy atom. The first-order valence-corrected chi connectivity index (χ1v) is 12.4. The predicted octanol–water partition coefficient (Wildman–Crippen LogP) is 5.72. The molecule has 6 aromatic rings. The zero-order chi connectivity index (χ0) is 25.0. The summed E-state index contributed by atoms with van der Waals surface area (Å²) in [5, 5.41) is 17.7. The first kappa shape index (κ1) is 22.5. The van der Waals surface area contributed by atoms with E-state index in [1.165, 1.54) is 16.0 Å². The highest BCUT2D eigenvalue weighted by atomic mass is 35.5. The van der Waals surface area contributed by atoms with Crippen molar-refractivity contribution in [3.63, 3.8) is 0 Å². The van der Waals surface area contributed by atoms with E-state index in [1.807, 2.05) is 61.5 Å². The third kappa shape index (κ3) is 3.66. The topological polar surface area (TPSA) is 90.0 Å². The molecule has 9 heteroatoms. The van der Waals surface area contributed by atoms with E-state index in [2.05, 4.69) is 4.98 Å². The lowest BCUT2D eigenvalue weighted by Gasteiger charge is -2.11. The highest BCUT2D eigenvalue weighted by Crippen LogP contribution is 2.37. The van der Waals surface area contributed by atoms with E-state index in [1.54, 1.807) is 16.7 Å². The molecule has 7 nitrogen and oxygen atoms in total. The number of benzene rings is 3. The smallest absolute Gasteiger partial charge is 0.323 e. The van der Waals surface area contributed by atoms with Crippen LogP contribution in [0.5, 0.6) is 0 Å². The molecule has 1 N–H and O–H groups in total. The maximum Gasteiger partial charge on any atom is 0.323 e. The van der Waals surface area contributed by atoms with Crippen LogP contribution in [-0.2, 0) is 17.9 Å². The normalized spacial score (nSPS) is 11.6. The number of halogens is 1. The molecule has 0 spiro atoms. The Bertz CT molecular complexity index is 1850. The van der Waals surface area contributed by atoms with Crippen molar-refractivity contribution < 1.29 is 9.90 Å². The van der Waals surface area contributed by atoms with Crippen LogP contribution in [0.4, 0.5) is 0 Å². The van der Waals surface area contributed by atoms with Crippen molar-refractivity contribution in [2.24, 2.45) is 0 Å². The van der Waals surface area contributed by atoms with Gasteiger partial charge in [-0.05, 0) is 43.3 Å². The number of hydrogen-bond acceptors (Lipinski definition) is 5. The Labute approximate surface area is 213 Å². The van der Waals surface area contributed by atoms with Crippen molar-refractivity contribution in [2.45, 2.75) is 20.0 Å². The SMILES string of the molecule is Cc1c(-c2nn(Cc3nc4ccccc4s3)c(=O)c3ccccc23)c2cc(Cl)ccc2n1CC(=O)O. The number of carboxylic acids is 1. The van der Waals surface area contributed by atoms with Crippen molar-refractivity contribution in [3.8, 4) is 11.3 Å². The number of aromatic nitrogens is 4. The summed E-state index contributed by atoms with van der Waals surface area (Å²) < 4.78 is 4.23. The van der Waals surface area contributed by atoms with Gasteiger partial charge in [-0.15, -0.1) is 11.3 Å². The fourth-order valence-corrected chi connectivity index (χ4v) is 5.86. The van der Waals surface area contributed by atoms with Gasteiger partial charge in [-0.1, -0.05) is 41.9 Å². The number of para-hydroxylation sites is 1. The van der Waals surface area contributed by atoms with Crippen LogP contribution in [0.3, 0.4) is 0 Å². The van der Waals surface area contributed by atoms with Gasteiger partial charge in [-0.25, -0.2) is 9.67 Å². The van der Waals surface area contributed by atoms with Crippen LogP contribution < -0.4 is 5.56 Å². The number of carboxylic acid groups (broad SMARTS) is 1. The summed E-state index contributed by atoms with van der Waals surface area (Å²) in [7, 11) is 0. The van der Waals surface area contributed by atoms with Gasteiger partial charge in [0.25, 0.3) is 5.56 Å². The molecule has 0 aliphatic carbocycles. The van der Waals surface area contributed by atoms with Crippen molar-refractivity contribution in [2.75, 3.05) is 0 Å². The molecule has 36 heavy (non-hydrogen) atoms. The third-order valence-corrected chi connectivity index (χ3v) is 7.56. The molecule has 0 fully saturated rings. The minimum atomic E-state index is -0.949. The van der Waals surface area contributed by atoms with Crippen LogP contribution in [0.1, 0.15) is 10.7 Å². The molecule has 3 heterocycles. The fourth-order valence-electron chi connectivity index (χ4n) is 4.73. The van der Waals surface area contributed by atoms with Crippen molar-refractivity contribution in [1.29, 1.82) is 0 Å². The van der Waals surface area contributed by atoms with Gasteiger partial charge in [-0.2, -0.15) is 5.10 Å². The van der Waals surface area contributed by atoms with Crippen LogP contribution >= 0.6 is 22.9 Å². The maximum atomic E-state index is 13.5. The summed E-state index contributed by atoms with van der Waals surface area (Å²) in [4.78, 5) is 29.8. The van der Waals surface area contributed by atoms with Crippen molar-refractivity contribution in [1.82, 2.24) is 19.3 Å². The highest BCUT2D eigenvalue weighted by molar-refractivity contribution is 7.18. The van der Waals surface area contributed by atoms with E-state index < -0.39 is 5.97 Å². The van der Waals surface area contributed by atoms with Crippen LogP contribution in [0.15, 0.2) is 71.5 Å². The van der Waals surface area contributed by atoms with Crippen molar-refractivity contribution in [3.05, 3.63) is 92.8 Å². The molecule has 6 rings (SSSR count). The first-order valence-electron chi connectivity index (χ1n) is 11.3. The average Bonchev–Trinajstić information content (AvgIpc) is 3.38. The Morgan fingerprint density at radius 2 is 1.78 bits per heavy atom. The molecule has 0 radical (unpaired) electrons. The molecular weight excluding hydrogens is 496 g/mol. The van der Waals surface area contributed by atoms with Gasteiger partial charge in [0.1, 0.15) is 17.2 Å². The minimum absolute atomic E-state index is 0.201. The molecule has 0 saturated heterocycles. The van der Waals surface area contributed by atoms with Gasteiger partial charge in [0.15, 0.2) is 0 Å². The van der Waals surface area contributed by atoms with Gasteiger partial charge < -0.3 is 9.67 Å². The molecule has 0 amide bonds. The summed E-state index contributed by atoms with van der Waals surface area (Å²) in [6, 6.07) is 20.6. The van der Waals surface area contributed by atoms with E-state index in [0.29, 0.717) is 21.5 Å². The Hall–Kier alpha value is -4.01. The lowest BCUT2D eigenvalue weighted by Crippen LogP contribution is -2.24. The zero-order valence-corrected chi connectivity index (χ0v) is 20.7.